The Balaban J connectivity index is 2.00. The van der Waals surface area contributed by atoms with Gasteiger partial charge in [-0.05, 0) is 30.2 Å². The summed E-state index contributed by atoms with van der Waals surface area (Å²) in [5, 5.41) is 15.7. The summed E-state index contributed by atoms with van der Waals surface area (Å²) in [6.07, 6.45) is 3.05. The number of amides is 1. The minimum absolute atomic E-state index is 0.0540. The minimum Gasteiger partial charge on any atom is -0.396 e. The van der Waals surface area contributed by atoms with Crippen molar-refractivity contribution in [3.05, 3.63) is 42.5 Å². The van der Waals surface area contributed by atoms with Crippen LogP contribution in [0.2, 0.25) is 0 Å². The number of hydrogen-bond donors (Lipinski definition) is 2. The quantitative estimate of drug-likeness (QED) is 0.826. The van der Waals surface area contributed by atoms with Crippen LogP contribution in [0, 0.1) is 5.92 Å². The maximum Gasteiger partial charge on any atom is 0.251 e. The number of aromatic nitrogens is 3. The normalized spacial score (nSPS) is 12.1. The number of rotatable bonds is 5. The molecular weight excluding hydrogens is 244 g/mol. The summed E-state index contributed by atoms with van der Waals surface area (Å²) in [6.45, 7) is 2.39. The SMILES string of the molecule is CC(CO)CNC(=O)c1ccc(-n2cncn2)cc1. The van der Waals surface area contributed by atoms with Gasteiger partial charge in [-0.2, -0.15) is 5.10 Å². The molecule has 1 atom stereocenters. The number of benzene rings is 1. The van der Waals surface area contributed by atoms with Gasteiger partial charge >= 0.3 is 0 Å². The lowest BCUT2D eigenvalue weighted by atomic mass is 10.1. The van der Waals surface area contributed by atoms with Crippen molar-refractivity contribution >= 4 is 5.91 Å². The molecule has 1 aromatic heterocycles. The van der Waals surface area contributed by atoms with Gasteiger partial charge in [0.15, 0.2) is 0 Å². The zero-order valence-electron chi connectivity index (χ0n) is 10.7. The number of carbonyl (C=O) groups excluding carboxylic acids is 1. The van der Waals surface area contributed by atoms with E-state index in [0.717, 1.165) is 5.69 Å². The first-order valence-electron chi connectivity index (χ1n) is 6.05. The monoisotopic (exact) mass is 260 g/mol. The molecule has 1 heterocycles. The van der Waals surface area contributed by atoms with Crippen LogP contribution in [0.5, 0.6) is 0 Å². The Bertz CT molecular complexity index is 522. The van der Waals surface area contributed by atoms with E-state index in [0.29, 0.717) is 12.1 Å². The van der Waals surface area contributed by atoms with Gasteiger partial charge in [0.1, 0.15) is 12.7 Å². The summed E-state index contributed by atoms with van der Waals surface area (Å²) in [5.74, 6) is -0.0937. The fraction of sp³-hybridized carbons (Fsp3) is 0.308. The third-order valence-electron chi connectivity index (χ3n) is 2.74. The Labute approximate surface area is 111 Å². The standard InChI is InChI=1S/C13H16N4O2/c1-10(7-18)6-15-13(19)11-2-4-12(5-3-11)17-9-14-8-16-17/h2-5,8-10,18H,6-7H2,1H3,(H,15,19). The lowest BCUT2D eigenvalue weighted by Gasteiger charge is -2.09. The Morgan fingerprint density at radius 1 is 1.42 bits per heavy atom. The van der Waals surface area contributed by atoms with Crippen molar-refractivity contribution in [3.8, 4) is 5.69 Å². The van der Waals surface area contributed by atoms with E-state index in [2.05, 4.69) is 15.4 Å². The molecule has 6 nitrogen and oxygen atoms in total. The molecule has 19 heavy (non-hydrogen) atoms. The molecule has 0 saturated heterocycles. The van der Waals surface area contributed by atoms with Crippen LogP contribution < -0.4 is 5.32 Å². The second-order valence-electron chi connectivity index (χ2n) is 4.38. The summed E-state index contributed by atoms with van der Waals surface area (Å²) >= 11 is 0. The van der Waals surface area contributed by atoms with E-state index in [-0.39, 0.29) is 18.4 Å². The minimum atomic E-state index is -0.148. The first-order chi connectivity index (χ1) is 9.20. The van der Waals surface area contributed by atoms with Gasteiger partial charge in [-0.3, -0.25) is 4.79 Å². The fourth-order valence-electron chi connectivity index (χ4n) is 1.54. The van der Waals surface area contributed by atoms with E-state index >= 15 is 0 Å². The van der Waals surface area contributed by atoms with Crippen LogP contribution in [-0.2, 0) is 0 Å². The van der Waals surface area contributed by atoms with E-state index < -0.39 is 0 Å². The van der Waals surface area contributed by atoms with Gasteiger partial charge in [-0.1, -0.05) is 6.92 Å². The zero-order valence-corrected chi connectivity index (χ0v) is 10.7. The molecule has 0 aliphatic rings. The first-order valence-corrected chi connectivity index (χ1v) is 6.05. The lowest BCUT2D eigenvalue weighted by molar-refractivity contribution is 0.0942. The Kier molecular flexibility index (Phi) is 4.25. The molecule has 0 saturated carbocycles. The average Bonchev–Trinajstić information content (AvgIpc) is 2.98. The van der Waals surface area contributed by atoms with Gasteiger partial charge in [0.2, 0.25) is 0 Å². The maximum absolute atomic E-state index is 11.8. The number of nitrogens with one attached hydrogen (secondary N) is 1. The van der Waals surface area contributed by atoms with Crippen LogP contribution in [0.15, 0.2) is 36.9 Å². The van der Waals surface area contributed by atoms with Gasteiger partial charge in [-0.25, -0.2) is 9.67 Å². The Morgan fingerprint density at radius 3 is 2.74 bits per heavy atom. The zero-order chi connectivity index (χ0) is 13.7. The molecule has 1 aromatic carbocycles. The van der Waals surface area contributed by atoms with E-state index in [1.54, 1.807) is 35.3 Å². The number of aliphatic hydroxyl groups excluding tert-OH is 1. The van der Waals surface area contributed by atoms with E-state index in [9.17, 15) is 4.79 Å². The highest BCUT2D eigenvalue weighted by Crippen LogP contribution is 2.08. The highest BCUT2D eigenvalue weighted by Gasteiger charge is 2.07. The fourth-order valence-corrected chi connectivity index (χ4v) is 1.54. The molecule has 0 aliphatic carbocycles. The van der Waals surface area contributed by atoms with Crippen molar-refractivity contribution in [2.75, 3.05) is 13.2 Å². The highest BCUT2D eigenvalue weighted by atomic mass is 16.3. The second kappa shape index (κ2) is 6.10. The largest absolute Gasteiger partial charge is 0.396 e. The van der Waals surface area contributed by atoms with Crippen LogP contribution in [0.1, 0.15) is 17.3 Å². The molecule has 0 bridgehead atoms. The van der Waals surface area contributed by atoms with Crippen LogP contribution in [-0.4, -0.2) is 38.9 Å². The van der Waals surface area contributed by atoms with Crippen LogP contribution >= 0.6 is 0 Å². The molecule has 1 unspecified atom stereocenters. The third kappa shape index (κ3) is 3.38. The first kappa shape index (κ1) is 13.2. The number of carbonyl (C=O) groups is 1. The molecule has 1 amide bonds. The molecule has 100 valence electrons. The third-order valence-corrected chi connectivity index (χ3v) is 2.74. The smallest absolute Gasteiger partial charge is 0.251 e. The van der Waals surface area contributed by atoms with Crippen molar-refractivity contribution in [1.29, 1.82) is 0 Å². The molecule has 0 fully saturated rings. The van der Waals surface area contributed by atoms with Gasteiger partial charge in [0, 0.05) is 18.7 Å². The molecule has 0 spiro atoms. The van der Waals surface area contributed by atoms with Gasteiger partial charge < -0.3 is 10.4 Å². The predicted molar refractivity (Wildman–Crippen MR) is 69.9 cm³/mol. The maximum atomic E-state index is 11.8. The van der Waals surface area contributed by atoms with Crippen LogP contribution in [0.4, 0.5) is 0 Å². The van der Waals surface area contributed by atoms with Crippen molar-refractivity contribution < 1.29 is 9.90 Å². The van der Waals surface area contributed by atoms with Gasteiger partial charge in [0.05, 0.1) is 5.69 Å². The summed E-state index contributed by atoms with van der Waals surface area (Å²) in [5.41, 5.74) is 1.42. The topological polar surface area (TPSA) is 80.0 Å². The molecule has 2 rings (SSSR count). The van der Waals surface area contributed by atoms with Crippen molar-refractivity contribution in [3.63, 3.8) is 0 Å². The van der Waals surface area contributed by atoms with Crippen LogP contribution in [0.3, 0.4) is 0 Å². The van der Waals surface area contributed by atoms with Crippen molar-refractivity contribution in [2.24, 2.45) is 5.92 Å². The molecule has 0 aliphatic heterocycles. The number of nitrogens with zero attached hydrogens (tertiary/aromatic N) is 3. The summed E-state index contributed by atoms with van der Waals surface area (Å²) < 4.78 is 1.62. The van der Waals surface area contributed by atoms with Gasteiger partial charge in [-0.15, -0.1) is 0 Å². The summed E-state index contributed by atoms with van der Waals surface area (Å²) in [6, 6.07) is 7.07. The Morgan fingerprint density at radius 2 is 2.16 bits per heavy atom. The molecule has 6 heteroatoms. The van der Waals surface area contributed by atoms with Crippen LogP contribution in [0.25, 0.3) is 5.69 Å². The number of aliphatic hydroxyl groups is 1. The summed E-state index contributed by atoms with van der Waals surface area (Å²) in [4.78, 5) is 15.7. The molecule has 0 radical (unpaired) electrons. The van der Waals surface area contributed by atoms with E-state index in [4.69, 9.17) is 5.11 Å². The Hall–Kier alpha value is -2.21. The predicted octanol–water partition coefficient (Wildman–Crippen LogP) is 0.625. The second-order valence-corrected chi connectivity index (χ2v) is 4.38. The number of hydrogen-bond acceptors (Lipinski definition) is 4. The van der Waals surface area contributed by atoms with E-state index in [1.165, 1.54) is 6.33 Å². The molecular formula is C13H16N4O2. The summed E-state index contributed by atoms with van der Waals surface area (Å²) in [7, 11) is 0. The van der Waals surface area contributed by atoms with E-state index in [1.807, 2.05) is 6.92 Å². The van der Waals surface area contributed by atoms with Crippen molar-refractivity contribution in [2.45, 2.75) is 6.92 Å². The average molecular weight is 260 g/mol. The molecule has 2 aromatic rings. The molecule has 2 N–H and O–H groups in total. The van der Waals surface area contributed by atoms with Gasteiger partial charge in [0.25, 0.3) is 5.91 Å². The lowest BCUT2D eigenvalue weighted by Crippen LogP contribution is -2.29. The highest BCUT2D eigenvalue weighted by molar-refractivity contribution is 5.94. The van der Waals surface area contributed by atoms with Crippen molar-refractivity contribution in [1.82, 2.24) is 20.1 Å².